The van der Waals surface area contributed by atoms with Gasteiger partial charge in [-0.15, -0.1) is 0 Å². The highest BCUT2D eigenvalue weighted by Crippen LogP contribution is 2.18. The van der Waals surface area contributed by atoms with Crippen molar-refractivity contribution in [3.8, 4) is 0 Å². The molecule has 2 heterocycles. The number of benzene rings is 1. The molecule has 0 aliphatic rings. The van der Waals surface area contributed by atoms with Gasteiger partial charge in [-0.1, -0.05) is 12.1 Å². The van der Waals surface area contributed by atoms with Gasteiger partial charge in [0.05, 0.1) is 10.8 Å². The summed E-state index contributed by atoms with van der Waals surface area (Å²) in [6, 6.07) is 8.20. The highest BCUT2D eigenvalue weighted by atomic mass is 19.1. The number of aromatic nitrogens is 1. The van der Waals surface area contributed by atoms with E-state index < -0.39 is 5.95 Å². The summed E-state index contributed by atoms with van der Waals surface area (Å²) in [5, 5.41) is 0.659. The van der Waals surface area contributed by atoms with Crippen molar-refractivity contribution in [3.63, 3.8) is 0 Å². The van der Waals surface area contributed by atoms with E-state index in [-0.39, 0.29) is 16.4 Å². The maximum atomic E-state index is 13.4. The molecule has 0 saturated heterocycles. The van der Waals surface area contributed by atoms with E-state index in [4.69, 9.17) is 4.42 Å². The van der Waals surface area contributed by atoms with Crippen LogP contribution in [0.2, 0.25) is 0 Å². The zero-order valence-corrected chi connectivity index (χ0v) is 8.11. The molecule has 0 unspecified atom stereocenters. The van der Waals surface area contributed by atoms with E-state index in [9.17, 15) is 9.18 Å². The lowest BCUT2D eigenvalue weighted by atomic mass is 10.2. The van der Waals surface area contributed by atoms with Crippen LogP contribution in [0.25, 0.3) is 21.9 Å². The van der Waals surface area contributed by atoms with Crippen molar-refractivity contribution in [1.29, 1.82) is 0 Å². The minimum absolute atomic E-state index is 0.0915. The molecule has 0 N–H and O–H groups in total. The Balaban J connectivity index is 2.67. The normalized spacial score (nSPS) is 11.1. The summed E-state index contributed by atoms with van der Waals surface area (Å²) in [7, 11) is 0. The average molecular weight is 215 g/mol. The maximum Gasteiger partial charge on any atom is 0.256 e. The van der Waals surface area contributed by atoms with Crippen LogP contribution in [0.3, 0.4) is 0 Å². The zero-order valence-electron chi connectivity index (χ0n) is 8.11. The molecule has 3 nitrogen and oxygen atoms in total. The monoisotopic (exact) mass is 215 g/mol. The Labute approximate surface area is 89.1 Å². The Bertz CT molecular complexity index is 749. The Morgan fingerprint density at radius 2 is 1.94 bits per heavy atom. The van der Waals surface area contributed by atoms with Crippen LogP contribution in [0.15, 0.2) is 45.7 Å². The first-order valence-electron chi connectivity index (χ1n) is 4.73. The van der Waals surface area contributed by atoms with Crippen molar-refractivity contribution in [3.05, 3.63) is 52.7 Å². The summed E-state index contributed by atoms with van der Waals surface area (Å²) in [6.45, 7) is 0. The number of nitrogens with zero attached hydrogens (tertiary/aromatic N) is 1. The SMILES string of the molecule is O=c1c2ccccc2oc2c(F)nccc12. The van der Waals surface area contributed by atoms with Gasteiger partial charge < -0.3 is 4.42 Å². The molecule has 0 aliphatic carbocycles. The van der Waals surface area contributed by atoms with Gasteiger partial charge in [0.25, 0.3) is 5.95 Å². The highest BCUT2D eigenvalue weighted by molar-refractivity contribution is 5.89. The third-order valence-electron chi connectivity index (χ3n) is 2.45. The lowest BCUT2D eigenvalue weighted by Gasteiger charge is -2.00. The van der Waals surface area contributed by atoms with Crippen LogP contribution >= 0.6 is 0 Å². The van der Waals surface area contributed by atoms with Gasteiger partial charge >= 0.3 is 0 Å². The summed E-state index contributed by atoms with van der Waals surface area (Å²) in [5.41, 5.74) is 0.0382. The van der Waals surface area contributed by atoms with Crippen molar-refractivity contribution in [1.82, 2.24) is 4.98 Å². The molecule has 0 radical (unpaired) electrons. The Hall–Kier alpha value is -2.23. The first kappa shape index (κ1) is 9.03. The molecular weight excluding hydrogens is 209 g/mol. The van der Waals surface area contributed by atoms with Crippen LogP contribution in [0.5, 0.6) is 0 Å². The predicted molar refractivity (Wildman–Crippen MR) is 57.7 cm³/mol. The van der Waals surface area contributed by atoms with Crippen molar-refractivity contribution < 1.29 is 8.81 Å². The summed E-state index contributed by atoms with van der Waals surface area (Å²) in [4.78, 5) is 15.4. The minimum Gasteiger partial charge on any atom is -0.451 e. The largest absolute Gasteiger partial charge is 0.451 e. The van der Waals surface area contributed by atoms with Crippen LogP contribution in [-0.2, 0) is 0 Å². The molecule has 0 atom stereocenters. The molecule has 0 saturated carbocycles. The first-order valence-corrected chi connectivity index (χ1v) is 4.73. The first-order chi connectivity index (χ1) is 7.77. The van der Waals surface area contributed by atoms with Crippen molar-refractivity contribution in [2.24, 2.45) is 0 Å². The van der Waals surface area contributed by atoms with E-state index in [1.807, 2.05) is 0 Å². The smallest absolute Gasteiger partial charge is 0.256 e. The van der Waals surface area contributed by atoms with E-state index in [1.165, 1.54) is 12.3 Å². The minimum atomic E-state index is -0.764. The molecular formula is C12H6FNO2. The summed E-state index contributed by atoms with van der Waals surface area (Å²) in [6.07, 6.45) is 1.25. The van der Waals surface area contributed by atoms with Crippen LogP contribution in [0, 0.1) is 5.95 Å². The molecule has 0 aliphatic heterocycles. The molecule has 78 valence electrons. The van der Waals surface area contributed by atoms with Crippen LogP contribution in [-0.4, -0.2) is 4.98 Å². The van der Waals surface area contributed by atoms with Crippen LogP contribution < -0.4 is 5.43 Å². The second-order valence-electron chi connectivity index (χ2n) is 3.41. The van der Waals surface area contributed by atoms with Crippen LogP contribution in [0.1, 0.15) is 0 Å². The lowest BCUT2D eigenvalue weighted by Crippen LogP contribution is -2.03. The van der Waals surface area contributed by atoms with E-state index in [0.717, 1.165) is 0 Å². The van der Waals surface area contributed by atoms with E-state index >= 15 is 0 Å². The fraction of sp³-hybridized carbons (Fsp3) is 0. The number of hydrogen-bond acceptors (Lipinski definition) is 3. The van der Waals surface area contributed by atoms with Gasteiger partial charge in [-0.05, 0) is 18.2 Å². The fourth-order valence-corrected chi connectivity index (χ4v) is 1.70. The average Bonchev–Trinajstić information content (AvgIpc) is 2.31. The maximum absolute atomic E-state index is 13.4. The Morgan fingerprint density at radius 1 is 1.12 bits per heavy atom. The topological polar surface area (TPSA) is 43.1 Å². The van der Waals surface area contributed by atoms with Gasteiger partial charge in [-0.2, -0.15) is 4.39 Å². The predicted octanol–water partition coefficient (Wildman–Crippen LogP) is 2.48. The Morgan fingerprint density at radius 3 is 2.81 bits per heavy atom. The summed E-state index contributed by atoms with van der Waals surface area (Å²) < 4.78 is 18.7. The standard InChI is InChI=1S/C12H6FNO2/c13-12-11-8(5-6-14-12)10(15)7-3-1-2-4-9(7)16-11/h1-6H. The molecule has 0 fully saturated rings. The van der Waals surface area contributed by atoms with Gasteiger partial charge in [-0.25, -0.2) is 4.98 Å². The molecule has 0 spiro atoms. The number of para-hydroxylation sites is 1. The van der Waals surface area contributed by atoms with Crippen LogP contribution in [0.4, 0.5) is 4.39 Å². The number of pyridine rings is 1. The molecule has 2 aromatic heterocycles. The lowest BCUT2D eigenvalue weighted by molar-refractivity contribution is 0.549. The molecule has 0 bridgehead atoms. The van der Waals surface area contributed by atoms with Gasteiger partial charge in [0.15, 0.2) is 5.58 Å². The Kier molecular flexibility index (Phi) is 1.77. The van der Waals surface area contributed by atoms with Crippen molar-refractivity contribution in [2.75, 3.05) is 0 Å². The molecule has 4 heteroatoms. The third-order valence-corrected chi connectivity index (χ3v) is 2.45. The van der Waals surface area contributed by atoms with E-state index in [2.05, 4.69) is 4.98 Å². The quantitative estimate of drug-likeness (QED) is 0.427. The summed E-state index contributed by atoms with van der Waals surface area (Å²) >= 11 is 0. The third kappa shape index (κ3) is 1.13. The molecule has 3 aromatic rings. The second-order valence-corrected chi connectivity index (χ2v) is 3.41. The van der Waals surface area contributed by atoms with Gasteiger partial charge in [0.2, 0.25) is 5.43 Å². The number of hydrogen-bond donors (Lipinski definition) is 0. The van der Waals surface area contributed by atoms with Crippen molar-refractivity contribution >= 4 is 21.9 Å². The molecule has 1 aromatic carbocycles. The molecule has 3 rings (SSSR count). The van der Waals surface area contributed by atoms with E-state index in [1.54, 1.807) is 24.3 Å². The summed E-state index contributed by atoms with van der Waals surface area (Å²) in [5.74, 6) is -0.764. The molecule has 0 amide bonds. The van der Waals surface area contributed by atoms with Gasteiger partial charge in [-0.3, -0.25) is 4.79 Å². The van der Waals surface area contributed by atoms with Gasteiger partial charge in [0, 0.05) is 6.20 Å². The molecule has 16 heavy (non-hydrogen) atoms. The fourth-order valence-electron chi connectivity index (χ4n) is 1.70. The zero-order chi connectivity index (χ0) is 11.1. The van der Waals surface area contributed by atoms with E-state index in [0.29, 0.717) is 11.0 Å². The van der Waals surface area contributed by atoms with Crippen molar-refractivity contribution in [2.45, 2.75) is 0 Å². The number of rotatable bonds is 0. The number of halogens is 1. The second kappa shape index (κ2) is 3.13. The highest BCUT2D eigenvalue weighted by Gasteiger charge is 2.10. The number of fused-ring (bicyclic) bond motifs is 2. The van der Waals surface area contributed by atoms with Gasteiger partial charge in [0.1, 0.15) is 5.58 Å².